The monoisotopic (exact) mass is 457 g/mol. The summed E-state index contributed by atoms with van der Waals surface area (Å²) in [6, 6.07) is 0.264. The van der Waals surface area contributed by atoms with Gasteiger partial charge in [-0.05, 0) is 68.6 Å². The fraction of sp³-hybridized carbons (Fsp3) is 0.720. The smallest absolute Gasteiger partial charge is 0.258 e. The topological polar surface area (TPSA) is 111 Å². The third kappa shape index (κ3) is 5.42. The van der Waals surface area contributed by atoms with Crippen molar-refractivity contribution in [2.24, 2.45) is 35.3 Å². The highest BCUT2D eigenvalue weighted by atomic mass is 16.5. The second kappa shape index (κ2) is 10.3. The number of carbonyl (C=O) groups is 2. The van der Waals surface area contributed by atoms with Crippen molar-refractivity contribution in [3.8, 4) is 5.88 Å². The Labute approximate surface area is 196 Å². The molecule has 1 aromatic heterocycles. The number of amides is 2. The van der Waals surface area contributed by atoms with Crippen molar-refractivity contribution in [2.45, 2.75) is 65.5 Å². The van der Waals surface area contributed by atoms with Crippen molar-refractivity contribution in [1.29, 1.82) is 0 Å². The first-order chi connectivity index (χ1) is 15.9. The van der Waals surface area contributed by atoms with Gasteiger partial charge in [-0.15, -0.1) is 0 Å². The molecule has 4 fully saturated rings. The number of hydrogen-bond donors (Lipinski definition) is 3. The molecule has 33 heavy (non-hydrogen) atoms. The molecule has 182 valence electrons. The lowest BCUT2D eigenvalue weighted by atomic mass is 9.54. The van der Waals surface area contributed by atoms with E-state index in [1.165, 1.54) is 32.1 Å². The minimum absolute atomic E-state index is 0.0983. The summed E-state index contributed by atoms with van der Waals surface area (Å²) in [5.41, 5.74) is 6.51. The predicted octanol–water partition coefficient (Wildman–Crippen LogP) is 2.49. The molecule has 8 nitrogen and oxygen atoms in total. The van der Waals surface area contributed by atoms with Crippen molar-refractivity contribution >= 4 is 11.8 Å². The Morgan fingerprint density at radius 3 is 2.48 bits per heavy atom. The first-order valence-corrected chi connectivity index (χ1v) is 12.5. The van der Waals surface area contributed by atoms with E-state index in [1.54, 1.807) is 23.9 Å². The van der Waals surface area contributed by atoms with Crippen LogP contribution in [0.5, 0.6) is 5.88 Å². The highest BCUT2D eigenvalue weighted by molar-refractivity contribution is 5.96. The van der Waals surface area contributed by atoms with Crippen LogP contribution in [0.15, 0.2) is 17.8 Å². The summed E-state index contributed by atoms with van der Waals surface area (Å²) in [6.07, 6.45) is 9.80. The van der Waals surface area contributed by atoms with Gasteiger partial charge in [0.1, 0.15) is 5.56 Å². The molecule has 4 N–H and O–H groups in total. The lowest BCUT2D eigenvalue weighted by molar-refractivity contribution is -0.117. The Morgan fingerprint density at radius 2 is 1.88 bits per heavy atom. The molecule has 1 heterocycles. The van der Waals surface area contributed by atoms with Crippen molar-refractivity contribution in [2.75, 3.05) is 19.7 Å². The lowest BCUT2D eigenvalue weighted by Gasteiger charge is -2.54. The van der Waals surface area contributed by atoms with Crippen LogP contribution < -0.4 is 21.1 Å². The highest BCUT2D eigenvalue weighted by Crippen LogP contribution is 2.53. The second-order valence-corrected chi connectivity index (χ2v) is 10.6. The standard InChI is InChI=1S/C25H39N5O3/c1-15(2)14-33-25-21(13-28-30(25)7-4-16(3)23(31)27-6-5-26)24(32)29-22-19-9-17-8-18(11-19)12-20(22)10-17/h4,13,15,17-20,22H,5-12,14,26H2,1-3H3,(H,27,31)(H,29,32). The van der Waals surface area contributed by atoms with Crippen LogP contribution in [-0.2, 0) is 11.3 Å². The van der Waals surface area contributed by atoms with E-state index in [1.807, 2.05) is 0 Å². The minimum atomic E-state index is -0.155. The molecule has 2 amide bonds. The van der Waals surface area contributed by atoms with Crippen LogP contribution in [0.25, 0.3) is 0 Å². The van der Waals surface area contributed by atoms with Gasteiger partial charge >= 0.3 is 0 Å². The zero-order chi connectivity index (χ0) is 23.5. The van der Waals surface area contributed by atoms with Gasteiger partial charge in [-0.25, -0.2) is 4.68 Å². The van der Waals surface area contributed by atoms with Gasteiger partial charge in [-0.1, -0.05) is 19.9 Å². The summed E-state index contributed by atoms with van der Waals surface area (Å²) in [4.78, 5) is 25.5. The maximum absolute atomic E-state index is 13.3. The number of aromatic nitrogens is 2. The summed E-state index contributed by atoms with van der Waals surface area (Å²) in [5, 5.41) is 10.5. The molecule has 0 saturated heterocycles. The van der Waals surface area contributed by atoms with Crippen LogP contribution in [0.1, 0.15) is 63.2 Å². The molecule has 4 aliphatic carbocycles. The molecule has 4 saturated carbocycles. The summed E-state index contributed by atoms with van der Waals surface area (Å²) in [6.45, 7) is 7.56. The van der Waals surface area contributed by atoms with Crippen LogP contribution in [0, 0.1) is 29.6 Å². The van der Waals surface area contributed by atoms with Gasteiger partial charge < -0.3 is 21.1 Å². The first kappa shape index (κ1) is 23.8. The van der Waals surface area contributed by atoms with E-state index in [0.29, 0.717) is 61.0 Å². The van der Waals surface area contributed by atoms with Gasteiger partial charge in [0, 0.05) is 24.7 Å². The largest absolute Gasteiger partial charge is 0.477 e. The molecule has 1 aromatic rings. The van der Waals surface area contributed by atoms with Crippen LogP contribution in [0.4, 0.5) is 0 Å². The maximum Gasteiger partial charge on any atom is 0.258 e. The molecule has 0 radical (unpaired) electrons. The molecule has 0 spiro atoms. The van der Waals surface area contributed by atoms with E-state index < -0.39 is 0 Å². The highest BCUT2D eigenvalue weighted by Gasteiger charge is 2.48. The third-order valence-electron chi connectivity index (χ3n) is 7.47. The van der Waals surface area contributed by atoms with Crippen LogP contribution in [0.3, 0.4) is 0 Å². The SMILES string of the molecule is CC(=CCn1ncc(C(=O)NC2C3CC4CC(C3)CC2C4)c1OCC(C)C)C(=O)NCCN. The maximum atomic E-state index is 13.3. The van der Waals surface area contributed by atoms with E-state index in [0.717, 1.165) is 11.8 Å². The number of nitrogens with one attached hydrogen (secondary N) is 2. The molecule has 0 aliphatic heterocycles. The Hall–Kier alpha value is -2.35. The number of nitrogens with two attached hydrogens (primary N) is 1. The fourth-order valence-corrected chi connectivity index (χ4v) is 6.09. The minimum Gasteiger partial charge on any atom is -0.477 e. The fourth-order valence-electron chi connectivity index (χ4n) is 6.09. The molecule has 0 unspecified atom stereocenters. The van der Waals surface area contributed by atoms with E-state index in [2.05, 4.69) is 29.6 Å². The van der Waals surface area contributed by atoms with E-state index >= 15 is 0 Å². The quantitative estimate of drug-likeness (QED) is 0.468. The van der Waals surface area contributed by atoms with Crippen LogP contribution in [-0.4, -0.2) is 47.3 Å². The predicted molar refractivity (Wildman–Crippen MR) is 127 cm³/mol. The summed E-state index contributed by atoms with van der Waals surface area (Å²) in [7, 11) is 0. The molecule has 0 atom stereocenters. The molecule has 4 aliphatic rings. The third-order valence-corrected chi connectivity index (χ3v) is 7.47. The molecule has 0 aromatic carbocycles. The van der Waals surface area contributed by atoms with Gasteiger partial charge in [0.25, 0.3) is 5.91 Å². The van der Waals surface area contributed by atoms with Crippen molar-refractivity contribution < 1.29 is 14.3 Å². The van der Waals surface area contributed by atoms with Crippen LogP contribution in [0.2, 0.25) is 0 Å². The average Bonchev–Trinajstić information content (AvgIpc) is 3.19. The number of hydrogen-bond acceptors (Lipinski definition) is 5. The van der Waals surface area contributed by atoms with Gasteiger partial charge in [-0.2, -0.15) is 5.10 Å². The molecule has 8 heteroatoms. The van der Waals surface area contributed by atoms with Gasteiger partial charge in [0.2, 0.25) is 11.8 Å². The summed E-state index contributed by atoms with van der Waals surface area (Å²) in [5.74, 6) is 3.48. The van der Waals surface area contributed by atoms with Gasteiger partial charge in [0.15, 0.2) is 0 Å². The Bertz CT molecular complexity index is 863. The van der Waals surface area contributed by atoms with Crippen molar-refractivity contribution in [3.63, 3.8) is 0 Å². The Kier molecular flexibility index (Phi) is 7.41. The lowest BCUT2D eigenvalue weighted by Crippen LogP contribution is -2.55. The zero-order valence-corrected chi connectivity index (χ0v) is 20.2. The normalized spacial score (nSPS) is 28.3. The van der Waals surface area contributed by atoms with Gasteiger partial charge in [-0.3, -0.25) is 9.59 Å². The van der Waals surface area contributed by atoms with Crippen molar-refractivity contribution in [3.05, 3.63) is 23.4 Å². The molecule has 4 bridgehead atoms. The Morgan fingerprint density at radius 1 is 1.21 bits per heavy atom. The first-order valence-electron chi connectivity index (χ1n) is 12.5. The van der Waals surface area contributed by atoms with Gasteiger partial charge in [0.05, 0.1) is 19.3 Å². The number of ether oxygens (including phenoxy) is 1. The van der Waals surface area contributed by atoms with E-state index in [4.69, 9.17) is 10.5 Å². The second-order valence-electron chi connectivity index (χ2n) is 10.6. The average molecular weight is 458 g/mol. The molecule has 5 rings (SSSR count). The van der Waals surface area contributed by atoms with E-state index in [-0.39, 0.29) is 17.9 Å². The number of carbonyl (C=O) groups excluding carboxylic acids is 2. The zero-order valence-electron chi connectivity index (χ0n) is 20.2. The Balaban J connectivity index is 1.47. The molecular weight excluding hydrogens is 418 g/mol. The summed E-state index contributed by atoms with van der Waals surface area (Å²) < 4.78 is 7.71. The number of rotatable bonds is 10. The summed E-state index contributed by atoms with van der Waals surface area (Å²) >= 11 is 0. The number of allylic oxidation sites excluding steroid dienone is 1. The van der Waals surface area contributed by atoms with Crippen LogP contribution >= 0.6 is 0 Å². The molecular formula is C25H39N5O3. The van der Waals surface area contributed by atoms with Crippen molar-refractivity contribution in [1.82, 2.24) is 20.4 Å². The van der Waals surface area contributed by atoms with E-state index in [9.17, 15) is 9.59 Å². The number of nitrogens with zero attached hydrogens (tertiary/aromatic N) is 2.